The van der Waals surface area contributed by atoms with Crippen LogP contribution in [-0.2, 0) is 17.5 Å². The first-order valence-corrected chi connectivity index (χ1v) is 8.57. The highest BCUT2D eigenvalue weighted by Gasteiger charge is 2.38. The molecule has 0 bridgehead atoms. The molecule has 0 atom stereocenters. The molecule has 4 aromatic rings. The van der Waals surface area contributed by atoms with Gasteiger partial charge in [0.15, 0.2) is 0 Å². The third-order valence-corrected chi connectivity index (χ3v) is 4.18. The molecule has 1 aromatic carbocycles. The van der Waals surface area contributed by atoms with E-state index in [1.165, 1.54) is 24.5 Å². The zero-order valence-corrected chi connectivity index (χ0v) is 15.4. The molecule has 30 heavy (non-hydrogen) atoms. The Balaban J connectivity index is 1.43. The van der Waals surface area contributed by atoms with Gasteiger partial charge in [-0.25, -0.2) is 4.79 Å². The van der Waals surface area contributed by atoms with E-state index in [9.17, 15) is 18.0 Å². The average molecular weight is 418 g/mol. The van der Waals surface area contributed by atoms with E-state index in [0.29, 0.717) is 28.0 Å². The number of furan rings is 1. The summed E-state index contributed by atoms with van der Waals surface area (Å²) in [6, 6.07) is 6.23. The minimum Gasteiger partial charge on any atom is -0.464 e. The Morgan fingerprint density at radius 3 is 2.80 bits per heavy atom. The SMILES string of the molecule is Cc1cc(-c2noc(C(F)(F)F)n2)ccc1NC(=O)OCc1cncc2ccoc12. The van der Waals surface area contributed by atoms with Crippen LogP contribution in [0.4, 0.5) is 23.7 Å². The van der Waals surface area contributed by atoms with Gasteiger partial charge in [0, 0.05) is 29.0 Å². The third-order valence-electron chi connectivity index (χ3n) is 4.18. The Kier molecular flexibility index (Phi) is 4.86. The summed E-state index contributed by atoms with van der Waals surface area (Å²) in [4.78, 5) is 19.5. The van der Waals surface area contributed by atoms with Gasteiger partial charge in [0.25, 0.3) is 0 Å². The third kappa shape index (κ3) is 3.95. The molecule has 154 valence electrons. The normalized spacial score (nSPS) is 11.6. The second-order valence-electron chi connectivity index (χ2n) is 6.29. The zero-order valence-electron chi connectivity index (χ0n) is 15.4. The number of amides is 1. The molecule has 8 nitrogen and oxygen atoms in total. The molecule has 0 aliphatic rings. The number of alkyl halides is 3. The lowest BCUT2D eigenvalue weighted by Gasteiger charge is -2.10. The lowest BCUT2D eigenvalue weighted by atomic mass is 10.1. The van der Waals surface area contributed by atoms with Gasteiger partial charge in [-0.05, 0) is 36.8 Å². The van der Waals surface area contributed by atoms with E-state index < -0.39 is 18.2 Å². The Morgan fingerprint density at radius 1 is 1.23 bits per heavy atom. The standard InChI is InChI=1S/C19H13F3N4O4/c1-10-6-11(16-25-17(30-26-16)19(20,21)22)2-3-14(10)24-18(27)29-9-13-8-23-7-12-4-5-28-15(12)13/h2-8H,9H2,1H3,(H,24,27). The number of carbonyl (C=O) groups excluding carboxylic acids is 1. The quantitative estimate of drug-likeness (QED) is 0.500. The number of nitrogens with zero attached hydrogens (tertiary/aromatic N) is 3. The largest absolute Gasteiger partial charge is 0.471 e. The predicted molar refractivity (Wildman–Crippen MR) is 97.3 cm³/mol. The van der Waals surface area contributed by atoms with E-state index in [2.05, 4.69) is 25.0 Å². The summed E-state index contributed by atoms with van der Waals surface area (Å²) < 4.78 is 52.6. The van der Waals surface area contributed by atoms with Crippen LogP contribution in [0.25, 0.3) is 22.4 Å². The van der Waals surface area contributed by atoms with E-state index in [0.717, 1.165) is 5.39 Å². The molecule has 0 aliphatic carbocycles. The molecule has 11 heteroatoms. The molecule has 0 aliphatic heterocycles. The fourth-order valence-corrected chi connectivity index (χ4v) is 2.74. The van der Waals surface area contributed by atoms with Crippen LogP contribution in [0.3, 0.4) is 0 Å². The van der Waals surface area contributed by atoms with Crippen LogP contribution in [0.2, 0.25) is 0 Å². The molecular weight excluding hydrogens is 405 g/mol. The Morgan fingerprint density at radius 2 is 2.07 bits per heavy atom. The van der Waals surface area contributed by atoms with Crippen LogP contribution in [0.1, 0.15) is 17.0 Å². The zero-order chi connectivity index (χ0) is 21.3. The van der Waals surface area contributed by atoms with Gasteiger partial charge in [-0.2, -0.15) is 18.2 Å². The number of halogens is 3. The van der Waals surface area contributed by atoms with Crippen LogP contribution in [0, 0.1) is 6.92 Å². The van der Waals surface area contributed by atoms with Crippen molar-refractivity contribution in [2.45, 2.75) is 19.7 Å². The van der Waals surface area contributed by atoms with Crippen LogP contribution in [-0.4, -0.2) is 21.2 Å². The topological polar surface area (TPSA) is 103 Å². The van der Waals surface area contributed by atoms with Gasteiger partial charge in [0.1, 0.15) is 12.2 Å². The van der Waals surface area contributed by atoms with Gasteiger partial charge in [0.05, 0.1) is 11.8 Å². The van der Waals surface area contributed by atoms with Crippen molar-refractivity contribution in [1.82, 2.24) is 15.1 Å². The minimum atomic E-state index is -4.72. The second-order valence-corrected chi connectivity index (χ2v) is 6.29. The Hall–Kier alpha value is -3.89. The first-order chi connectivity index (χ1) is 14.3. The molecule has 4 rings (SSSR count). The summed E-state index contributed by atoms with van der Waals surface area (Å²) in [6.07, 6.45) is -0.745. The van der Waals surface area contributed by atoms with Crippen molar-refractivity contribution in [1.29, 1.82) is 0 Å². The summed E-state index contributed by atoms with van der Waals surface area (Å²) in [7, 11) is 0. The molecule has 0 fully saturated rings. The molecule has 1 amide bonds. The Labute approximate surface area is 166 Å². The van der Waals surface area contributed by atoms with Crippen LogP contribution in [0.15, 0.2) is 51.9 Å². The first kappa shape index (κ1) is 19.4. The second kappa shape index (κ2) is 7.50. The number of ether oxygens (including phenoxy) is 1. The number of hydrogen-bond donors (Lipinski definition) is 1. The van der Waals surface area contributed by atoms with Crippen molar-refractivity contribution in [2.24, 2.45) is 0 Å². The van der Waals surface area contributed by atoms with E-state index in [1.807, 2.05) is 0 Å². The van der Waals surface area contributed by atoms with Gasteiger partial charge in [-0.15, -0.1) is 0 Å². The van der Waals surface area contributed by atoms with Gasteiger partial charge in [-0.1, -0.05) is 5.16 Å². The molecule has 1 N–H and O–H groups in total. The van der Waals surface area contributed by atoms with Gasteiger partial charge < -0.3 is 13.7 Å². The maximum absolute atomic E-state index is 12.6. The maximum Gasteiger partial charge on any atom is 0.471 e. The predicted octanol–water partition coefficient (Wildman–Crippen LogP) is 4.95. The number of hydrogen-bond acceptors (Lipinski definition) is 7. The van der Waals surface area contributed by atoms with E-state index >= 15 is 0 Å². The number of aryl methyl sites for hydroxylation is 1. The van der Waals surface area contributed by atoms with E-state index in [-0.39, 0.29) is 12.4 Å². The number of benzene rings is 1. The van der Waals surface area contributed by atoms with Crippen LogP contribution < -0.4 is 5.32 Å². The van der Waals surface area contributed by atoms with Crippen molar-refractivity contribution >= 4 is 22.7 Å². The smallest absolute Gasteiger partial charge is 0.464 e. The van der Waals surface area contributed by atoms with Crippen molar-refractivity contribution in [2.75, 3.05) is 5.32 Å². The molecule has 3 heterocycles. The molecule has 0 spiro atoms. The average Bonchev–Trinajstić information content (AvgIpc) is 3.37. The van der Waals surface area contributed by atoms with E-state index in [4.69, 9.17) is 9.15 Å². The first-order valence-electron chi connectivity index (χ1n) is 8.57. The van der Waals surface area contributed by atoms with Gasteiger partial charge in [0.2, 0.25) is 5.82 Å². The highest BCUT2D eigenvalue weighted by atomic mass is 19.4. The molecule has 3 aromatic heterocycles. The summed E-state index contributed by atoms with van der Waals surface area (Å²) >= 11 is 0. The lowest BCUT2D eigenvalue weighted by molar-refractivity contribution is -0.159. The summed E-state index contributed by atoms with van der Waals surface area (Å²) in [5.41, 5.74) is 2.48. The Bertz CT molecular complexity index is 1220. The number of anilines is 1. The summed E-state index contributed by atoms with van der Waals surface area (Å²) in [6.45, 7) is 1.61. The fourth-order valence-electron chi connectivity index (χ4n) is 2.74. The van der Waals surface area contributed by atoms with E-state index in [1.54, 1.807) is 25.4 Å². The number of aromatic nitrogens is 3. The molecule has 0 saturated carbocycles. The van der Waals surface area contributed by atoms with Crippen LogP contribution >= 0.6 is 0 Å². The van der Waals surface area contributed by atoms with Crippen molar-refractivity contribution in [3.8, 4) is 11.4 Å². The van der Waals surface area contributed by atoms with Crippen molar-refractivity contribution in [3.63, 3.8) is 0 Å². The lowest BCUT2D eigenvalue weighted by Crippen LogP contribution is -2.14. The van der Waals surface area contributed by atoms with Crippen molar-refractivity contribution < 1.29 is 31.6 Å². The maximum atomic E-state index is 12.6. The highest BCUT2D eigenvalue weighted by molar-refractivity contribution is 5.86. The molecule has 0 saturated heterocycles. The van der Waals surface area contributed by atoms with Crippen molar-refractivity contribution in [3.05, 3.63) is 59.9 Å². The van der Waals surface area contributed by atoms with Crippen LogP contribution in [0.5, 0.6) is 0 Å². The summed E-state index contributed by atoms with van der Waals surface area (Å²) in [5.74, 6) is -1.64. The van der Waals surface area contributed by atoms with Gasteiger partial charge >= 0.3 is 18.2 Å². The number of carbonyl (C=O) groups is 1. The molecule has 0 unspecified atom stereocenters. The summed E-state index contributed by atoms with van der Waals surface area (Å²) in [5, 5.41) is 6.70. The monoisotopic (exact) mass is 418 g/mol. The highest BCUT2D eigenvalue weighted by Crippen LogP contribution is 2.30. The molecular formula is C19H13F3N4O4. The molecule has 0 radical (unpaired) electrons. The minimum absolute atomic E-state index is 0.0517. The number of nitrogens with one attached hydrogen (secondary N) is 1. The number of rotatable bonds is 4. The van der Waals surface area contributed by atoms with Gasteiger partial charge in [-0.3, -0.25) is 10.3 Å². The number of pyridine rings is 1. The fraction of sp³-hybridized carbons (Fsp3) is 0.158. The number of fused-ring (bicyclic) bond motifs is 1.